The van der Waals surface area contributed by atoms with Gasteiger partial charge in [-0.2, -0.15) is 5.26 Å². The number of nitrogens with zero attached hydrogens (tertiary/aromatic N) is 3. The van der Waals surface area contributed by atoms with Crippen molar-refractivity contribution in [2.75, 3.05) is 0 Å². The number of aromatic nitrogens is 3. The Morgan fingerprint density at radius 2 is 2.11 bits per heavy atom. The van der Waals surface area contributed by atoms with E-state index in [2.05, 4.69) is 15.3 Å². The maximum absolute atomic E-state index is 14.0. The molecule has 3 rings (SSSR count). The summed E-state index contributed by atoms with van der Waals surface area (Å²) >= 11 is 0. The predicted molar refractivity (Wildman–Crippen MR) is 94.3 cm³/mol. The first kappa shape index (κ1) is 18.9. The van der Waals surface area contributed by atoms with Crippen LogP contribution in [0.3, 0.4) is 0 Å². The van der Waals surface area contributed by atoms with Crippen molar-refractivity contribution < 1.29 is 13.6 Å². The zero-order valence-electron chi connectivity index (χ0n) is 14.5. The first-order chi connectivity index (χ1) is 13.3. The van der Waals surface area contributed by atoms with Gasteiger partial charge in [-0.15, -0.1) is 0 Å². The smallest absolute Gasteiger partial charge is 0.329 e. The van der Waals surface area contributed by atoms with Gasteiger partial charge in [0.05, 0.1) is 28.2 Å². The number of aromatic amines is 1. The molecule has 8 nitrogen and oxygen atoms in total. The number of carbonyl (C=O) groups excluding carboxylic acids is 1. The van der Waals surface area contributed by atoms with Crippen LogP contribution in [0.15, 0.2) is 40.1 Å². The fourth-order valence-corrected chi connectivity index (χ4v) is 2.69. The number of carbonyl (C=O) groups is 1. The first-order valence-electron chi connectivity index (χ1n) is 8.07. The van der Waals surface area contributed by atoms with Gasteiger partial charge in [0.1, 0.15) is 24.2 Å². The van der Waals surface area contributed by atoms with Gasteiger partial charge in [0, 0.05) is 6.20 Å². The van der Waals surface area contributed by atoms with Gasteiger partial charge in [-0.3, -0.25) is 19.1 Å². The number of fused-ring (bicyclic) bond motifs is 1. The minimum atomic E-state index is -0.882. The quantitative estimate of drug-likeness (QED) is 0.697. The molecular formula is C18H13F2N5O3. The standard InChI is InChI=1S/C18H13F2N5O3/c1-9(16-13(20)4-10(6-21)7-22-16)23-15(26)8-25-17(27)12-5-11(19)2-3-14(12)24-18(25)28/h2-5,7,9H,8H2,1H3,(H,23,26)(H,24,28)/t9-/m1/s1. The summed E-state index contributed by atoms with van der Waals surface area (Å²) in [6.07, 6.45) is 1.16. The number of hydrogen-bond acceptors (Lipinski definition) is 5. The monoisotopic (exact) mass is 385 g/mol. The molecule has 0 saturated heterocycles. The minimum absolute atomic E-state index is 0.0289. The first-order valence-corrected chi connectivity index (χ1v) is 8.07. The Morgan fingerprint density at radius 1 is 1.36 bits per heavy atom. The second kappa shape index (κ2) is 7.40. The Kier molecular flexibility index (Phi) is 5.00. The van der Waals surface area contributed by atoms with Gasteiger partial charge in [-0.25, -0.2) is 13.6 Å². The summed E-state index contributed by atoms with van der Waals surface area (Å²) in [6.45, 7) is 0.807. The number of hydrogen-bond donors (Lipinski definition) is 2. The highest BCUT2D eigenvalue weighted by Gasteiger charge is 2.18. The zero-order chi connectivity index (χ0) is 20.4. The molecule has 10 heteroatoms. The van der Waals surface area contributed by atoms with Crippen LogP contribution in [0.1, 0.15) is 24.2 Å². The van der Waals surface area contributed by atoms with Crippen molar-refractivity contribution in [2.45, 2.75) is 19.5 Å². The molecule has 0 unspecified atom stereocenters. The molecule has 142 valence electrons. The summed E-state index contributed by atoms with van der Waals surface area (Å²) in [5.41, 5.74) is -1.60. The van der Waals surface area contributed by atoms with Crippen LogP contribution in [0.4, 0.5) is 8.78 Å². The van der Waals surface area contributed by atoms with E-state index in [0.717, 1.165) is 24.4 Å². The van der Waals surface area contributed by atoms with Gasteiger partial charge < -0.3 is 10.3 Å². The molecule has 1 amide bonds. The van der Waals surface area contributed by atoms with Crippen molar-refractivity contribution in [1.29, 1.82) is 5.26 Å². The van der Waals surface area contributed by atoms with Crippen LogP contribution < -0.4 is 16.6 Å². The second-order valence-corrected chi connectivity index (χ2v) is 6.00. The second-order valence-electron chi connectivity index (χ2n) is 6.00. The average molecular weight is 385 g/mol. The molecule has 0 aliphatic carbocycles. The molecular weight excluding hydrogens is 372 g/mol. The third kappa shape index (κ3) is 3.64. The summed E-state index contributed by atoms with van der Waals surface area (Å²) in [5.74, 6) is -2.19. The lowest BCUT2D eigenvalue weighted by atomic mass is 10.1. The van der Waals surface area contributed by atoms with Crippen LogP contribution in [-0.2, 0) is 11.3 Å². The highest BCUT2D eigenvalue weighted by molar-refractivity contribution is 5.79. The Labute approximate surface area is 156 Å². The van der Waals surface area contributed by atoms with E-state index in [-0.39, 0.29) is 22.2 Å². The molecule has 2 N–H and O–H groups in total. The number of H-pyrrole nitrogens is 1. The van der Waals surface area contributed by atoms with Gasteiger partial charge in [0.25, 0.3) is 5.56 Å². The molecule has 0 aliphatic rings. The van der Waals surface area contributed by atoms with Crippen molar-refractivity contribution in [3.8, 4) is 6.07 Å². The SMILES string of the molecule is C[C@@H](NC(=O)Cn1c(=O)[nH]c2ccc(F)cc2c1=O)c1ncc(C#N)cc1F. The molecule has 2 aromatic heterocycles. The van der Waals surface area contributed by atoms with E-state index in [1.807, 2.05) is 0 Å². The van der Waals surface area contributed by atoms with Crippen LogP contribution in [0.5, 0.6) is 0 Å². The van der Waals surface area contributed by atoms with Gasteiger partial charge >= 0.3 is 5.69 Å². The van der Waals surface area contributed by atoms with Crippen LogP contribution in [0.25, 0.3) is 10.9 Å². The summed E-state index contributed by atoms with van der Waals surface area (Å²) in [4.78, 5) is 42.9. The van der Waals surface area contributed by atoms with Crippen LogP contribution in [0, 0.1) is 23.0 Å². The fourth-order valence-electron chi connectivity index (χ4n) is 2.69. The Hall–Kier alpha value is -3.87. The molecule has 3 aromatic rings. The van der Waals surface area contributed by atoms with Gasteiger partial charge in [0.2, 0.25) is 5.91 Å². The number of pyridine rings is 1. The number of nitriles is 1. The van der Waals surface area contributed by atoms with Crippen molar-refractivity contribution >= 4 is 16.8 Å². The number of halogens is 2. The number of amides is 1. The van der Waals surface area contributed by atoms with Crippen LogP contribution in [-0.4, -0.2) is 20.4 Å². The van der Waals surface area contributed by atoms with Crippen molar-refractivity contribution in [3.05, 3.63) is 74.2 Å². The predicted octanol–water partition coefficient (Wildman–Crippen LogP) is 1.11. The van der Waals surface area contributed by atoms with Crippen LogP contribution >= 0.6 is 0 Å². The fraction of sp³-hybridized carbons (Fsp3) is 0.167. The Morgan fingerprint density at radius 3 is 2.79 bits per heavy atom. The van der Waals surface area contributed by atoms with E-state index in [9.17, 15) is 23.2 Å². The number of rotatable bonds is 4. The summed E-state index contributed by atoms with van der Waals surface area (Å²) in [5, 5.41) is 11.1. The van der Waals surface area contributed by atoms with E-state index >= 15 is 0 Å². The molecule has 0 radical (unpaired) electrons. The van der Waals surface area contributed by atoms with Gasteiger partial charge in [-0.1, -0.05) is 0 Å². The molecule has 0 bridgehead atoms. The molecule has 0 spiro atoms. The van der Waals surface area contributed by atoms with Crippen molar-refractivity contribution in [3.63, 3.8) is 0 Å². The van der Waals surface area contributed by atoms with Crippen molar-refractivity contribution in [2.24, 2.45) is 0 Å². The molecule has 0 aliphatic heterocycles. The van der Waals surface area contributed by atoms with E-state index < -0.39 is 41.4 Å². The lowest BCUT2D eigenvalue weighted by molar-refractivity contribution is -0.122. The third-order valence-corrected chi connectivity index (χ3v) is 4.03. The topological polar surface area (TPSA) is 121 Å². The average Bonchev–Trinajstić information content (AvgIpc) is 2.65. The Bertz CT molecular complexity index is 1240. The zero-order valence-corrected chi connectivity index (χ0v) is 14.5. The molecule has 1 atom stereocenters. The lowest BCUT2D eigenvalue weighted by Crippen LogP contribution is -2.41. The summed E-state index contributed by atoms with van der Waals surface area (Å²) in [6, 6.07) is 5.15. The molecule has 28 heavy (non-hydrogen) atoms. The third-order valence-electron chi connectivity index (χ3n) is 4.03. The number of nitrogens with one attached hydrogen (secondary N) is 2. The largest absolute Gasteiger partial charge is 0.346 e. The van der Waals surface area contributed by atoms with E-state index in [1.165, 1.54) is 13.0 Å². The van der Waals surface area contributed by atoms with Gasteiger partial charge in [-0.05, 0) is 31.2 Å². The van der Waals surface area contributed by atoms with Crippen molar-refractivity contribution in [1.82, 2.24) is 19.9 Å². The normalized spacial score (nSPS) is 11.8. The van der Waals surface area contributed by atoms with Gasteiger partial charge in [0.15, 0.2) is 0 Å². The molecule has 0 fully saturated rings. The molecule has 2 heterocycles. The molecule has 0 saturated carbocycles. The molecule has 1 aromatic carbocycles. The van der Waals surface area contributed by atoms with E-state index in [1.54, 1.807) is 6.07 Å². The highest BCUT2D eigenvalue weighted by Crippen LogP contribution is 2.15. The lowest BCUT2D eigenvalue weighted by Gasteiger charge is -2.14. The maximum Gasteiger partial charge on any atom is 0.329 e. The number of benzene rings is 1. The maximum atomic E-state index is 14.0. The Balaban J connectivity index is 1.84. The summed E-state index contributed by atoms with van der Waals surface area (Å²) in [7, 11) is 0. The van der Waals surface area contributed by atoms with E-state index in [0.29, 0.717) is 4.57 Å². The van der Waals surface area contributed by atoms with Crippen LogP contribution in [0.2, 0.25) is 0 Å². The minimum Gasteiger partial charge on any atom is -0.346 e. The summed E-state index contributed by atoms with van der Waals surface area (Å²) < 4.78 is 28.0. The highest BCUT2D eigenvalue weighted by atomic mass is 19.1. The van der Waals surface area contributed by atoms with E-state index in [4.69, 9.17) is 5.26 Å².